The highest BCUT2D eigenvalue weighted by molar-refractivity contribution is 5.97. The molecule has 6 nitrogen and oxygen atoms in total. The van der Waals surface area contributed by atoms with Crippen molar-refractivity contribution in [3.8, 4) is 11.3 Å². The average Bonchev–Trinajstić information content (AvgIpc) is 3.13. The van der Waals surface area contributed by atoms with Crippen LogP contribution in [0, 0.1) is 12.7 Å². The number of nitrogens with zero attached hydrogens (tertiary/aromatic N) is 1. The molecular formula is C20H18FN3O3. The number of carbonyl (C=O) groups is 2. The van der Waals surface area contributed by atoms with Crippen molar-refractivity contribution in [1.29, 1.82) is 0 Å². The Morgan fingerprint density at radius 3 is 2.67 bits per heavy atom. The first-order valence-electron chi connectivity index (χ1n) is 8.34. The number of hydrogen-bond donors (Lipinski definition) is 2. The molecule has 0 aliphatic heterocycles. The lowest BCUT2D eigenvalue weighted by Gasteiger charge is -2.10. The molecule has 3 aromatic rings. The summed E-state index contributed by atoms with van der Waals surface area (Å²) < 4.78 is 19.5. The SMILES string of the molecule is Cc1c(F)cc(C(N)=O)cc1NC(=O)CCc1ncc(-c2ccccc2)o1. The van der Waals surface area contributed by atoms with Gasteiger partial charge in [0.05, 0.1) is 6.20 Å². The topological polar surface area (TPSA) is 98.2 Å². The molecule has 0 aliphatic rings. The van der Waals surface area contributed by atoms with Gasteiger partial charge in [-0.05, 0) is 19.1 Å². The fourth-order valence-corrected chi connectivity index (χ4v) is 2.55. The standard InChI is InChI=1S/C20H18FN3O3/c1-12-15(21)9-14(20(22)26)10-16(12)24-18(25)7-8-19-23-11-17(27-19)13-5-3-2-4-6-13/h2-6,9-11H,7-8H2,1H3,(H2,22,26)(H,24,25). The fraction of sp³-hybridized carbons (Fsp3) is 0.150. The van der Waals surface area contributed by atoms with E-state index in [1.807, 2.05) is 30.3 Å². The number of amides is 2. The molecule has 2 aromatic carbocycles. The van der Waals surface area contributed by atoms with Crippen molar-refractivity contribution < 1.29 is 18.4 Å². The molecule has 0 spiro atoms. The van der Waals surface area contributed by atoms with Crippen LogP contribution in [0.25, 0.3) is 11.3 Å². The van der Waals surface area contributed by atoms with E-state index in [-0.39, 0.29) is 35.6 Å². The van der Waals surface area contributed by atoms with E-state index in [2.05, 4.69) is 10.3 Å². The molecule has 0 atom stereocenters. The van der Waals surface area contributed by atoms with Crippen molar-refractivity contribution in [2.75, 3.05) is 5.32 Å². The lowest BCUT2D eigenvalue weighted by atomic mass is 10.1. The molecule has 3 N–H and O–H groups in total. The summed E-state index contributed by atoms with van der Waals surface area (Å²) in [5.74, 6) is -0.672. The van der Waals surface area contributed by atoms with Crippen molar-refractivity contribution in [3.05, 3.63) is 71.5 Å². The van der Waals surface area contributed by atoms with E-state index in [1.54, 1.807) is 6.20 Å². The van der Waals surface area contributed by atoms with E-state index < -0.39 is 11.7 Å². The van der Waals surface area contributed by atoms with Crippen LogP contribution in [0.1, 0.15) is 28.2 Å². The van der Waals surface area contributed by atoms with E-state index in [0.29, 0.717) is 11.7 Å². The summed E-state index contributed by atoms with van der Waals surface area (Å²) in [7, 11) is 0. The Hall–Kier alpha value is -3.48. The Kier molecular flexibility index (Phi) is 5.30. The molecule has 3 rings (SSSR count). The largest absolute Gasteiger partial charge is 0.441 e. The quantitative estimate of drug-likeness (QED) is 0.697. The van der Waals surface area contributed by atoms with Crippen molar-refractivity contribution in [2.24, 2.45) is 5.73 Å². The van der Waals surface area contributed by atoms with Gasteiger partial charge in [-0.3, -0.25) is 9.59 Å². The average molecular weight is 367 g/mol. The summed E-state index contributed by atoms with van der Waals surface area (Å²) >= 11 is 0. The molecule has 0 unspecified atom stereocenters. The second-order valence-corrected chi connectivity index (χ2v) is 6.03. The van der Waals surface area contributed by atoms with Crippen LogP contribution in [0.15, 0.2) is 53.1 Å². The normalized spacial score (nSPS) is 10.6. The number of nitrogens with two attached hydrogens (primary N) is 1. The molecular weight excluding hydrogens is 349 g/mol. The summed E-state index contributed by atoms with van der Waals surface area (Å²) in [6.07, 6.45) is 1.99. The minimum atomic E-state index is -0.766. The third kappa shape index (κ3) is 4.38. The minimum absolute atomic E-state index is 0.00592. The molecule has 0 saturated carbocycles. The summed E-state index contributed by atoms with van der Waals surface area (Å²) in [6, 6.07) is 11.9. The Bertz CT molecular complexity index is 983. The Morgan fingerprint density at radius 2 is 1.96 bits per heavy atom. The predicted molar refractivity (Wildman–Crippen MR) is 98.5 cm³/mol. The Labute approximate surface area is 155 Å². The zero-order chi connectivity index (χ0) is 19.4. The van der Waals surface area contributed by atoms with Crippen molar-refractivity contribution in [2.45, 2.75) is 19.8 Å². The van der Waals surface area contributed by atoms with E-state index in [1.165, 1.54) is 13.0 Å². The third-order valence-electron chi connectivity index (χ3n) is 4.08. The molecule has 0 radical (unpaired) electrons. The summed E-state index contributed by atoms with van der Waals surface area (Å²) in [6.45, 7) is 1.51. The van der Waals surface area contributed by atoms with Crippen LogP contribution in [-0.2, 0) is 11.2 Å². The van der Waals surface area contributed by atoms with Gasteiger partial charge in [0.1, 0.15) is 5.82 Å². The zero-order valence-corrected chi connectivity index (χ0v) is 14.7. The number of anilines is 1. The van der Waals surface area contributed by atoms with Crippen LogP contribution in [0.2, 0.25) is 0 Å². The maximum absolute atomic E-state index is 13.9. The van der Waals surface area contributed by atoms with Crippen LogP contribution in [0.3, 0.4) is 0 Å². The van der Waals surface area contributed by atoms with Gasteiger partial charge in [-0.15, -0.1) is 0 Å². The second kappa shape index (κ2) is 7.82. The second-order valence-electron chi connectivity index (χ2n) is 6.03. The van der Waals surface area contributed by atoms with Crippen LogP contribution >= 0.6 is 0 Å². The van der Waals surface area contributed by atoms with Crippen LogP contribution < -0.4 is 11.1 Å². The molecule has 7 heteroatoms. The van der Waals surface area contributed by atoms with Gasteiger partial charge in [0.25, 0.3) is 0 Å². The Morgan fingerprint density at radius 1 is 1.22 bits per heavy atom. The smallest absolute Gasteiger partial charge is 0.248 e. The van der Waals surface area contributed by atoms with Crippen LogP contribution in [0.5, 0.6) is 0 Å². The van der Waals surface area contributed by atoms with Gasteiger partial charge in [-0.25, -0.2) is 9.37 Å². The maximum atomic E-state index is 13.9. The number of aryl methyl sites for hydroxylation is 1. The molecule has 0 aliphatic carbocycles. The summed E-state index contributed by atoms with van der Waals surface area (Å²) in [5, 5.41) is 2.60. The molecule has 1 heterocycles. The highest BCUT2D eigenvalue weighted by Gasteiger charge is 2.14. The molecule has 0 bridgehead atoms. The zero-order valence-electron chi connectivity index (χ0n) is 14.7. The van der Waals surface area contributed by atoms with Gasteiger partial charge in [0.2, 0.25) is 11.8 Å². The van der Waals surface area contributed by atoms with E-state index >= 15 is 0 Å². The molecule has 1 aromatic heterocycles. The number of oxazole rings is 1. The highest BCUT2D eigenvalue weighted by atomic mass is 19.1. The first kappa shape index (κ1) is 18.3. The van der Waals surface area contributed by atoms with Gasteiger partial charge in [0.15, 0.2) is 11.7 Å². The third-order valence-corrected chi connectivity index (χ3v) is 4.08. The van der Waals surface area contributed by atoms with Gasteiger partial charge in [0, 0.05) is 35.2 Å². The van der Waals surface area contributed by atoms with Crippen molar-refractivity contribution >= 4 is 17.5 Å². The monoisotopic (exact) mass is 367 g/mol. The van der Waals surface area contributed by atoms with Crippen LogP contribution in [-0.4, -0.2) is 16.8 Å². The first-order chi connectivity index (χ1) is 12.9. The minimum Gasteiger partial charge on any atom is -0.441 e. The van der Waals surface area contributed by atoms with Crippen molar-refractivity contribution in [1.82, 2.24) is 4.98 Å². The summed E-state index contributed by atoms with van der Waals surface area (Å²) in [4.78, 5) is 27.6. The number of halogens is 1. The number of aromatic nitrogens is 1. The summed E-state index contributed by atoms with van der Waals surface area (Å²) in [5.41, 5.74) is 6.52. The van der Waals surface area contributed by atoms with E-state index in [0.717, 1.165) is 11.6 Å². The Balaban J connectivity index is 1.64. The maximum Gasteiger partial charge on any atom is 0.248 e. The van der Waals surface area contributed by atoms with Crippen molar-refractivity contribution in [3.63, 3.8) is 0 Å². The number of nitrogens with one attached hydrogen (secondary N) is 1. The first-order valence-corrected chi connectivity index (χ1v) is 8.34. The molecule has 2 amide bonds. The van der Waals surface area contributed by atoms with Gasteiger partial charge in [-0.2, -0.15) is 0 Å². The lowest BCUT2D eigenvalue weighted by Crippen LogP contribution is -2.16. The number of primary amides is 1. The number of rotatable bonds is 6. The van der Waals surface area contributed by atoms with E-state index in [4.69, 9.17) is 10.2 Å². The van der Waals surface area contributed by atoms with Crippen LogP contribution in [0.4, 0.5) is 10.1 Å². The fourth-order valence-electron chi connectivity index (χ4n) is 2.55. The van der Waals surface area contributed by atoms with Gasteiger partial charge < -0.3 is 15.5 Å². The van der Waals surface area contributed by atoms with E-state index in [9.17, 15) is 14.0 Å². The molecule has 0 fully saturated rings. The molecule has 138 valence electrons. The molecule has 27 heavy (non-hydrogen) atoms. The number of benzene rings is 2. The van der Waals surface area contributed by atoms with Gasteiger partial charge in [-0.1, -0.05) is 30.3 Å². The number of hydrogen-bond acceptors (Lipinski definition) is 4. The molecule has 0 saturated heterocycles. The predicted octanol–water partition coefficient (Wildman–Crippen LogP) is 3.46. The highest BCUT2D eigenvalue weighted by Crippen LogP contribution is 2.22. The number of carbonyl (C=O) groups excluding carboxylic acids is 2. The lowest BCUT2D eigenvalue weighted by molar-refractivity contribution is -0.116. The van der Waals surface area contributed by atoms with Gasteiger partial charge >= 0.3 is 0 Å².